The topological polar surface area (TPSA) is 9.23 Å². The summed E-state index contributed by atoms with van der Waals surface area (Å²) in [6.45, 7) is 0.965. The molecule has 1 aliphatic rings. The molecule has 0 bridgehead atoms. The molecule has 1 heterocycles. The zero-order valence-electron chi connectivity index (χ0n) is 5.93. The van der Waals surface area contributed by atoms with Gasteiger partial charge in [-0.15, -0.1) is 0 Å². The van der Waals surface area contributed by atoms with Gasteiger partial charge in [-0.05, 0) is 30.3 Å². The molecule has 1 aliphatic heterocycles. The summed E-state index contributed by atoms with van der Waals surface area (Å²) in [7, 11) is 1.79. The standard InChI is InChI=1S/C7H14OS/c1-8-5-7-3-2-4-9-6-7/h7H,2-6H2,1H3. The molecule has 0 aliphatic carbocycles. The van der Waals surface area contributed by atoms with Gasteiger partial charge in [-0.2, -0.15) is 11.8 Å². The molecular weight excluding hydrogens is 132 g/mol. The van der Waals surface area contributed by atoms with Crippen LogP contribution in [0.25, 0.3) is 0 Å². The van der Waals surface area contributed by atoms with E-state index in [0.29, 0.717) is 0 Å². The third-order valence-electron chi connectivity index (χ3n) is 1.66. The van der Waals surface area contributed by atoms with Crippen LogP contribution < -0.4 is 0 Å². The third kappa shape index (κ3) is 2.59. The molecular formula is C7H14OS. The van der Waals surface area contributed by atoms with Gasteiger partial charge in [-0.25, -0.2) is 0 Å². The van der Waals surface area contributed by atoms with Crippen molar-refractivity contribution in [1.29, 1.82) is 0 Å². The molecule has 0 aromatic carbocycles. The minimum atomic E-state index is 0.841. The quantitative estimate of drug-likeness (QED) is 0.587. The van der Waals surface area contributed by atoms with E-state index in [0.717, 1.165) is 12.5 Å². The highest BCUT2D eigenvalue weighted by molar-refractivity contribution is 7.99. The largest absolute Gasteiger partial charge is 0.384 e. The van der Waals surface area contributed by atoms with E-state index in [1.54, 1.807) is 7.11 Å². The second kappa shape index (κ2) is 4.18. The van der Waals surface area contributed by atoms with Gasteiger partial charge in [0.2, 0.25) is 0 Å². The molecule has 1 saturated heterocycles. The summed E-state index contributed by atoms with van der Waals surface area (Å²) < 4.78 is 5.07. The molecule has 1 fully saturated rings. The molecule has 0 N–H and O–H groups in total. The summed E-state index contributed by atoms with van der Waals surface area (Å²) >= 11 is 2.06. The van der Waals surface area contributed by atoms with Crippen molar-refractivity contribution in [2.45, 2.75) is 12.8 Å². The van der Waals surface area contributed by atoms with Crippen molar-refractivity contribution in [3.8, 4) is 0 Å². The molecule has 0 aromatic rings. The van der Waals surface area contributed by atoms with Crippen molar-refractivity contribution >= 4 is 11.8 Å². The maximum absolute atomic E-state index is 5.07. The normalized spacial score (nSPS) is 28.3. The van der Waals surface area contributed by atoms with Crippen molar-refractivity contribution in [1.82, 2.24) is 0 Å². The fraction of sp³-hybridized carbons (Fsp3) is 1.00. The first-order chi connectivity index (χ1) is 4.43. The Labute approximate surface area is 61.2 Å². The van der Waals surface area contributed by atoms with E-state index in [-0.39, 0.29) is 0 Å². The average Bonchev–Trinajstić information content (AvgIpc) is 1.91. The smallest absolute Gasteiger partial charge is 0.0498 e. The molecule has 2 heteroatoms. The predicted octanol–water partition coefficient (Wildman–Crippen LogP) is 1.78. The van der Waals surface area contributed by atoms with Crippen molar-refractivity contribution in [2.24, 2.45) is 5.92 Å². The molecule has 1 atom stereocenters. The summed E-state index contributed by atoms with van der Waals surface area (Å²) in [5.41, 5.74) is 0. The Kier molecular flexibility index (Phi) is 3.44. The van der Waals surface area contributed by atoms with Crippen LogP contribution in [0, 0.1) is 5.92 Å². The Morgan fingerprint density at radius 3 is 3.11 bits per heavy atom. The van der Waals surface area contributed by atoms with Crippen molar-refractivity contribution < 1.29 is 4.74 Å². The molecule has 0 radical (unpaired) electrons. The van der Waals surface area contributed by atoms with Crippen LogP contribution in [0.1, 0.15) is 12.8 Å². The second-order valence-electron chi connectivity index (χ2n) is 2.54. The minimum absolute atomic E-state index is 0.841. The van der Waals surface area contributed by atoms with Crippen LogP contribution >= 0.6 is 11.8 Å². The number of methoxy groups -OCH3 is 1. The maximum Gasteiger partial charge on any atom is 0.0498 e. The van der Waals surface area contributed by atoms with Gasteiger partial charge < -0.3 is 4.74 Å². The minimum Gasteiger partial charge on any atom is -0.384 e. The Bertz CT molecular complexity index is 66.6. The van der Waals surface area contributed by atoms with Crippen LogP contribution in [0.15, 0.2) is 0 Å². The van der Waals surface area contributed by atoms with E-state index >= 15 is 0 Å². The number of ether oxygens (including phenoxy) is 1. The highest BCUT2D eigenvalue weighted by Gasteiger charge is 2.12. The van der Waals surface area contributed by atoms with Gasteiger partial charge in [0.25, 0.3) is 0 Å². The van der Waals surface area contributed by atoms with Crippen LogP contribution in [0.5, 0.6) is 0 Å². The molecule has 54 valence electrons. The summed E-state index contributed by atoms with van der Waals surface area (Å²) in [6.07, 6.45) is 2.76. The highest BCUT2D eigenvalue weighted by Crippen LogP contribution is 2.22. The van der Waals surface area contributed by atoms with Gasteiger partial charge in [0.1, 0.15) is 0 Å². The summed E-state index contributed by atoms with van der Waals surface area (Å²) in [6, 6.07) is 0. The lowest BCUT2D eigenvalue weighted by molar-refractivity contribution is 0.156. The lowest BCUT2D eigenvalue weighted by Gasteiger charge is -2.19. The lowest BCUT2D eigenvalue weighted by atomic mass is 10.1. The summed E-state index contributed by atoms with van der Waals surface area (Å²) in [5.74, 6) is 3.52. The van der Waals surface area contributed by atoms with Gasteiger partial charge in [0, 0.05) is 13.7 Å². The second-order valence-corrected chi connectivity index (χ2v) is 3.69. The number of rotatable bonds is 2. The fourth-order valence-corrected chi connectivity index (χ4v) is 2.31. The van der Waals surface area contributed by atoms with E-state index in [4.69, 9.17) is 4.74 Å². The van der Waals surface area contributed by atoms with Crippen LogP contribution in [-0.2, 0) is 4.74 Å². The first kappa shape index (κ1) is 7.42. The zero-order valence-corrected chi connectivity index (χ0v) is 6.75. The summed E-state index contributed by atoms with van der Waals surface area (Å²) in [4.78, 5) is 0. The number of hydrogen-bond donors (Lipinski definition) is 0. The maximum atomic E-state index is 5.07. The first-order valence-corrected chi connectivity index (χ1v) is 4.65. The molecule has 0 spiro atoms. The van der Waals surface area contributed by atoms with Gasteiger partial charge in [0.05, 0.1) is 0 Å². The van der Waals surface area contributed by atoms with Crippen LogP contribution in [0.2, 0.25) is 0 Å². The van der Waals surface area contributed by atoms with Crippen LogP contribution in [-0.4, -0.2) is 25.2 Å². The van der Waals surface area contributed by atoms with Crippen LogP contribution in [0.3, 0.4) is 0 Å². The molecule has 0 aromatic heterocycles. The van der Waals surface area contributed by atoms with Gasteiger partial charge in [-0.1, -0.05) is 0 Å². The van der Waals surface area contributed by atoms with E-state index in [9.17, 15) is 0 Å². The predicted molar refractivity (Wildman–Crippen MR) is 41.9 cm³/mol. The first-order valence-electron chi connectivity index (χ1n) is 3.50. The Morgan fingerprint density at radius 2 is 2.56 bits per heavy atom. The zero-order chi connectivity index (χ0) is 6.53. The highest BCUT2D eigenvalue weighted by atomic mass is 32.2. The van der Waals surface area contributed by atoms with Crippen molar-refractivity contribution in [3.63, 3.8) is 0 Å². The Balaban J connectivity index is 2.08. The molecule has 1 unspecified atom stereocenters. The SMILES string of the molecule is COCC1CCCSC1. The molecule has 1 rings (SSSR count). The van der Waals surface area contributed by atoms with Crippen molar-refractivity contribution in [3.05, 3.63) is 0 Å². The number of thioether (sulfide) groups is 1. The van der Waals surface area contributed by atoms with Gasteiger partial charge in [0.15, 0.2) is 0 Å². The monoisotopic (exact) mass is 146 g/mol. The fourth-order valence-electron chi connectivity index (χ4n) is 1.17. The average molecular weight is 146 g/mol. The molecule has 9 heavy (non-hydrogen) atoms. The Hall–Kier alpha value is 0.310. The molecule has 0 saturated carbocycles. The van der Waals surface area contributed by atoms with E-state index in [1.165, 1.54) is 24.3 Å². The van der Waals surface area contributed by atoms with Gasteiger partial charge >= 0.3 is 0 Å². The molecule has 1 nitrogen and oxygen atoms in total. The Morgan fingerprint density at radius 1 is 1.67 bits per heavy atom. The van der Waals surface area contributed by atoms with Crippen molar-refractivity contribution in [2.75, 3.05) is 25.2 Å². The third-order valence-corrected chi connectivity index (χ3v) is 2.94. The van der Waals surface area contributed by atoms with Crippen LogP contribution in [0.4, 0.5) is 0 Å². The van der Waals surface area contributed by atoms with E-state index in [2.05, 4.69) is 11.8 Å². The van der Waals surface area contributed by atoms with E-state index in [1.807, 2.05) is 0 Å². The number of hydrogen-bond acceptors (Lipinski definition) is 2. The van der Waals surface area contributed by atoms with Gasteiger partial charge in [-0.3, -0.25) is 0 Å². The molecule has 0 amide bonds. The van der Waals surface area contributed by atoms with E-state index < -0.39 is 0 Å². The lowest BCUT2D eigenvalue weighted by Crippen LogP contribution is -2.15. The summed E-state index contributed by atoms with van der Waals surface area (Å²) in [5, 5.41) is 0.